The molecule has 19 heavy (non-hydrogen) atoms. The van der Waals surface area contributed by atoms with E-state index in [1.54, 1.807) is 24.3 Å². The number of halogens is 3. The van der Waals surface area contributed by atoms with Crippen molar-refractivity contribution in [1.82, 2.24) is 0 Å². The summed E-state index contributed by atoms with van der Waals surface area (Å²) in [5.41, 5.74) is -0.215. The molecule has 2 aromatic carbocycles. The van der Waals surface area contributed by atoms with E-state index in [0.717, 1.165) is 0 Å². The van der Waals surface area contributed by atoms with Gasteiger partial charge in [-0.1, -0.05) is 30.3 Å². The SMILES string of the molecule is O[C@@H](c1ccc(Oc2ccccc2)cc1)C(F)(F)F. The van der Waals surface area contributed by atoms with Gasteiger partial charge < -0.3 is 9.84 Å². The lowest BCUT2D eigenvalue weighted by atomic mass is 10.1. The van der Waals surface area contributed by atoms with Crippen LogP contribution < -0.4 is 4.74 Å². The molecule has 1 atom stereocenters. The number of benzene rings is 2. The Labute approximate surface area is 108 Å². The second-order valence-electron chi connectivity index (χ2n) is 3.93. The van der Waals surface area contributed by atoms with Crippen LogP contribution in [-0.4, -0.2) is 11.3 Å². The number of hydrogen-bond donors (Lipinski definition) is 1. The van der Waals surface area contributed by atoms with Crippen LogP contribution in [0.1, 0.15) is 11.7 Å². The largest absolute Gasteiger partial charge is 0.457 e. The molecule has 0 bridgehead atoms. The summed E-state index contributed by atoms with van der Waals surface area (Å²) in [4.78, 5) is 0. The van der Waals surface area contributed by atoms with Crippen molar-refractivity contribution in [2.24, 2.45) is 0 Å². The van der Waals surface area contributed by atoms with Crippen LogP contribution >= 0.6 is 0 Å². The van der Waals surface area contributed by atoms with Gasteiger partial charge in [-0.2, -0.15) is 13.2 Å². The van der Waals surface area contributed by atoms with Crippen molar-refractivity contribution in [1.29, 1.82) is 0 Å². The highest BCUT2D eigenvalue weighted by molar-refractivity contribution is 5.33. The molecule has 0 amide bonds. The second kappa shape index (κ2) is 5.32. The monoisotopic (exact) mass is 268 g/mol. The quantitative estimate of drug-likeness (QED) is 0.909. The van der Waals surface area contributed by atoms with Crippen molar-refractivity contribution in [2.75, 3.05) is 0 Å². The highest BCUT2D eigenvalue weighted by Gasteiger charge is 2.39. The van der Waals surface area contributed by atoms with Gasteiger partial charge in [0.25, 0.3) is 0 Å². The number of alkyl halides is 3. The van der Waals surface area contributed by atoms with Crippen LogP contribution in [0, 0.1) is 0 Å². The molecule has 0 aliphatic carbocycles. The second-order valence-corrected chi connectivity index (χ2v) is 3.93. The van der Waals surface area contributed by atoms with Crippen molar-refractivity contribution in [3.8, 4) is 11.5 Å². The lowest BCUT2D eigenvalue weighted by Crippen LogP contribution is -2.19. The maximum Gasteiger partial charge on any atom is 0.418 e. The minimum atomic E-state index is -4.66. The first-order chi connectivity index (χ1) is 8.97. The Hall–Kier alpha value is -2.01. The summed E-state index contributed by atoms with van der Waals surface area (Å²) in [6.07, 6.45) is -7.14. The fourth-order valence-electron chi connectivity index (χ4n) is 1.53. The first-order valence-corrected chi connectivity index (χ1v) is 5.54. The number of para-hydroxylation sites is 1. The van der Waals surface area contributed by atoms with E-state index in [2.05, 4.69) is 0 Å². The molecular formula is C14H11F3O2. The van der Waals surface area contributed by atoms with Crippen molar-refractivity contribution in [3.63, 3.8) is 0 Å². The standard InChI is InChI=1S/C14H11F3O2/c15-14(16,17)13(18)10-6-8-12(9-7-10)19-11-4-2-1-3-5-11/h1-9,13,18H/t13-/m0/s1. The Morgan fingerprint density at radius 3 is 1.89 bits per heavy atom. The number of aliphatic hydroxyl groups excluding tert-OH is 1. The van der Waals surface area contributed by atoms with E-state index >= 15 is 0 Å². The molecule has 0 aromatic heterocycles. The molecule has 0 saturated heterocycles. The van der Waals surface area contributed by atoms with Gasteiger partial charge in [0.1, 0.15) is 11.5 Å². The molecule has 2 nitrogen and oxygen atoms in total. The van der Waals surface area contributed by atoms with Crippen LogP contribution in [0.25, 0.3) is 0 Å². The Kier molecular flexibility index (Phi) is 3.76. The summed E-state index contributed by atoms with van der Waals surface area (Å²) >= 11 is 0. The predicted octanol–water partition coefficient (Wildman–Crippen LogP) is 4.07. The molecule has 0 heterocycles. The van der Waals surface area contributed by atoms with Gasteiger partial charge in [-0.3, -0.25) is 0 Å². The van der Waals surface area contributed by atoms with Gasteiger partial charge in [-0.25, -0.2) is 0 Å². The van der Waals surface area contributed by atoms with Gasteiger partial charge in [0, 0.05) is 0 Å². The maximum absolute atomic E-state index is 12.3. The normalized spacial score (nSPS) is 13.1. The summed E-state index contributed by atoms with van der Waals surface area (Å²) in [6.45, 7) is 0. The number of aliphatic hydroxyl groups is 1. The zero-order chi connectivity index (χ0) is 13.9. The average molecular weight is 268 g/mol. The molecule has 2 aromatic rings. The van der Waals surface area contributed by atoms with Crippen molar-refractivity contribution >= 4 is 0 Å². The summed E-state index contributed by atoms with van der Waals surface area (Å²) in [5.74, 6) is 0.996. The van der Waals surface area contributed by atoms with E-state index in [9.17, 15) is 13.2 Å². The molecule has 0 unspecified atom stereocenters. The van der Waals surface area contributed by atoms with Crippen LogP contribution in [0.5, 0.6) is 11.5 Å². The van der Waals surface area contributed by atoms with Crippen LogP contribution in [0.15, 0.2) is 54.6 Å². The van der Waals surface area contributed by atoms with Crippen molar-refractivity contribution in [3.05, 3.63) is 60.2 Å². The molecule has 5 heteroatoms. The first-order valence-electron chi connectivity index (χ1n) is 5.54. The zero-order valence-corrected chi connectivity index (χ0v) is 9.76. The summed E-state index contributed by atoms with van der Waals surface area (Å²) in [5, 5.41) is 9.07. The third kappa shape index (κ3) is 3.48. The Balaban J connectivity index is 2.11. The molecule has 0 fully saturated rings. The molecule has 0 aliphatic rings. The lowest BCUT2D eigenvalue weighted by Gasteiger charge is -2.15. The summed E-state index contributed by atoms with van der Waals surface area (Å²) < 4.78 is 42.3. The zero-order valence-electron chi connectivity index (χ0n) is 9.76. The van der Waals surface area contributed by atoms with E-state index in [0.29, 0.717) is 11.5 Å². The molecule has 0 radical (unpaired) electrons. The van der Waals surface area contributed by atoms with Gasteiger partial charge in [0.05, 0.1) is 0 Å². The van der Waals surface area contributed by atoms with Gasteiger partial charge in [0.2, 0.25) is 0 Å². The van der Waals surface area contributed by atoms with E-state index < -0.39 is 12.3 Å². The van der Waals surface area contributed by atoms with E-state index in [1.165, 1.54) is 24.3 Å². The molecule has 0 spiro atoms. The van der Waals surface area contributed by atoms with Crippen LogP contribution in [0.3, 0.4) is 0 Å². The smallest absolute Gasteiger partial charge is 0.418 e. The van der Waals surface area contributed by atoms with Crippen LogP contribution in [0.2, 0.25) is 0 Å². The third-order valence-electron chi connectivity index (χ3n) is 2.48. The van der Waals surface area contributed by atoms with Crippen molar-refractivity contribution < 1.29 is 23.0 Å². The minimum absolute atomic E-state index is 0.215. The molecule has 2 rings (SSSR count). The Bertz CT molecular complexity index is 521. The van der Waals surface area contributed by atoms with E-state index in [-0.39, 0.29) is 5.56 Å². The highest BCUT2D eigenvalue weighted by atomic mass is 19.4. The topological polar surface area (TPSA) is 29.5 Å². The molecule has 100 valence electrons. The fourth-order valence-corrected chi connectivity index (χ4v) is 1.53. The fraction of sp³-hybridized carbons (Fsp3) is 0.143. The van der Waals surface area contributed by atoms with Gasteiger partial charge >= 0.3 is 6.18 Å². The van der Waals surface area contributed by atoms with Gasteiger partial charge in [0.15, 0.2) is 6.10 Å². The highest BCUT2D eigenvalue weighted by Crippen LogP contribution is 2.33. The Morgan fingerprint density at radius 2 is 1.37 bits per heavy atom. The van der Waals surface area contributed by atoms with E-state index in [4.69, 9.17) is 9.84 Å². The molecule has 0 aliphatic heterocycles. The Morgan fingerprint density at radius 1 is 0.842 bits per heavy atom. The summed E-state index contributed by atoms with van der Waals surface area (Å²) in [7, 11) is 0. The maximum atomic E-state index is 12.3. The molecule has 0 saturated carbocycles. The van der Waals surface area contributed by atoms with E-state index in [1.807, 2.05) is 6.07 Å². The van der Waals surface area contributed by atoms with Gasteiger partial charge in [-0.05, 0) is 29.8 Å². The minimum Gasteiger partial charge on any atom is -0.457 e. The number of ether oxygens (including phenoxy) is 1. The third-order valence-corrected chi connectivity index (χ3v) is 2.48. The first kappa shape index (κ1) is 13.4. The molecular weight excluding hydrogens is 257 g/mol. The van der Waals surface area contributed by atoms with Crippen molar-refractivity contribution in [2.45, 2.75) is 12.3 Å². The average Bonchev–Trinajstić information content (AvgIpc) is 2.39. The number of rotatable bonds is 3. The predicted molar refractivity (Wildman–Crippen MR) is 64.0 cm³/mol. The summed E-state index contributed by atoms with van der Waals surface area (Å²) in [6, 6.07) is 14.0. The molecule has 1 N–H and O–H groups in total. The van der Waals surface area contributed by atoms with Crippen LogP contribution in [0.4, 0.5) is 13.2 Å². The van der Waals surface area contributed by atoms with Crippen LogP contribution in [-0.2, 0) is 0 Å². The lowest BCUT2D eigenvalue weighted by molar-refractivity contribution is -0.206. The van der Waals surface area contributed by atoms with Gasteiger partial charge in [-0.15, -0.1) is 0 Å². The number of hydrogen-bond acceptors (Lipinski definition) is 2.